The summed E-state index contributed by atoms with van der Waals surface area (Å²) in [4.78, 5) is 68.0. The Bertz CT molecular complexity index is 933. The van der Waals surface area contributed by atoms with Gasteiger partial charge in [0, 0.05) is 0 Å². The monoisotopic (exact) mass is 421 g/mol. The number of rotatable bonds is 5. The smallest absolute Gasteiger partial charge is 0.330 e. The van der Waals surface area contributed by atoms with Gasteiger partial charge in [0.1, 0.15) is 24.1 Å². The Labute approximate surface area is 168 Å². The molecule has 0 N–H and O–H groups in total. The van der Waals surface area contributed by atoms with Gasteiger partial charge in [-0.15, -0.1) is 21.9 Å². The number of methoxy groups -OCH3 is 1. The van der Waals surface area contributed by atoms with E-state index in [9.17, 15) is 29.3 Å². The van der Waals surface area contributed by atoms with Crippen molar-refractivity contribution in [3.63, 3.8) is 0 Å². The number of nitrogens with zero attached hydrogens (tertiary/aromatic N) is 3. The Morgan fingerprint density at radius 3 is 2.34 bits per heavy atom. The molecule has 11 nitrogen and oxygen atoms in total. The number of ether oxygens (including phenoxy) is 1. The molecule has 0 bridgehead atoms. The molecule has 3 aliphatic rings. The maximum atomic E-state index is 12.9. The van der Waals surface area contributed by atoms with Crippen LogP contribution in [-0.2, 0) is 19.2 Å². The number of thioether (sulfide) groups is 1. The lowest BCUT2D eigenvalue weighted by molar-refractivity contribution is -0.758. The van der Waals surface area contributed by atoms with E-state index in [1.165, 1.54) is 24.0 Å². The molecule has 12 heteroatoms. The van der Waals surface area contributed by atoms with Crippen LogP contribution in [0.25, 0.3) is 0 Å². The molecule has 0 radical (unpaired) electrons. The Morgan fingerprint density at radius 2 is 1.83 bits per heavy atom. The molecule has 0 unspecified atom stereocenters. The molecule has 3 amide bonds. The van der Waals surface area contributed by atoms with Gasteiger partial charge in [-0.1, -0.05) is 12.1 Å². The minimum absolute atomic E-state index is 0.204. The van der Waals surface area contributed by atoms with Crippen molar-refractivity contribution in [3.05, 3.63) is 45.5 Å². The van der Waals surface area contributed by atoms with E-state index < -0.39 is 57.6 Å². The summed E-state index contributed by atoms with van der Waals surface area (Å²) in [5.41, 5.74) is 0.409. The van der Waals surface area contributed by atoms with Crippen LogP contribution in [0.3, 0.4) is 0 Å². The lowest BCUT2D eigenvalue weighted by Crippen LogP contribution is -2.71. The number of fused-ring (bicyclic) bond motifs is 2. The zero-order chi connectivity index (χ0) is 21.1. The largest absolute Gasteiger partial charge is 0.467 e. The van der Waals surface area contributed by atoms with E-state index in [2.05, 4.69) is 4.84 Å². The first-order valence-electron chi connectivity index (χ1n) is 8.53. The molecule has 2 fully saturated rings. The highest BCUT2D eigenvalue weighted by atomic mass is 32.2. The van der Waals surface area contributed by atoms with Crippen molar-refractivity contribution in [2.24, 2.45) is 0 Å². The molecule has 152 valence electrons. The van der Waals surface area contributed by atoms with Crippen LogP contribution < -0.4 is 0 Å². The van der Waals surface area contributed by atoms with E-state index in [1.54, 1.807) is 12.1 Å². The van der Waals surface area contributed by atoms with E-state index in [4.69, 9.17) is 4.74 Å². The molecular formula is C17H15N3O8S. The second-order valence-corrected chi connectivity index (χ2v) is 8.61. The lowest BCUT2D eigenvalue weighted by atomic mass is 9.94. The maximum absolute atomic E-state index is 12.9. The van der Waals surface area contributed by atoms with Crippen LogP contribution in [-0.4, -0.2) is 74.5 Å². The zero-order valence-corrected chi connectivity index (χ0v) is 16.1. The molecule has 1 aromatic rings. The number of carbonyl (C=O) groups is 4. The van der Waals surface area contributed by atoms with Crippen LogP contribution in [0.5, 0.6) is 0 Å². The van der Waals surface area contributed by atoms with E-state index >= 15 is 0 Å². The number of hydrogen-bond donors (Lipinski definition) is 0. The third kappa shape index (κ3) is 2.58. The standard InChI is InChI=1S/C17H15N3O8S/c1-17(7-28-20(25)26)11(16(24)27-2)19-14(23)10(15(19)29-17)18-12(21)8-5-3-4-6-9(8)13(18)22/h3-6,10-11,15H,7H2,1-2H3/t10-,11+,15-,17+/m1/s1. The molecule has 0 saturated carbocycles. The second-order valence-electron chi connectivity index (χ2n) is 6.96. The van der Waals surface area contributed by atoms with Gasteiger partial charge in [0.15, 0.2) is 0 Å². The maximum Gasteiger partial charge on any atom is 0.330 e. The molecule has 29 heavy (non-hydrogen) atoms. The Hall–Kier alpha value is -3.15. The molecule has 0 spiro atoms. The van der Waals surface area contributed by atoms with Crippen LogP contribution >= 0.6 is 11.8 Å². The second kappa shape index (κ2) is 6.44. The summed E-state index contributed by atoms with van der Waals surface area (Å²) in [6.45, 7) is 1.06. The van der Waals surface area contributed by atoms with Crippen LogP contribution in [0.4, 0.5) is 0 Å². The topological polar surface area (TPSA) is 136 Å². The SMILES string of the molecule is COC(=O)[C@@H]1N2C(=O)[C@@H](N3C(=O)c4ccccc4C3=O)[C@H]2S[C@@]1(C)CO[N+](=O)[O-]. The minimum atomic E-state index is -1.20. The van der Waals surface area contributed by atoms with E-state index in [0.29, 0.717) is 0 Å². The highest BCUT2D eigenvalue weighted by Gasteiger charge is 2.69. The van der Waals surface area contributed by atoms with Gasteiger partial charge < -0.3 is 14.5 Å². The molecule has 0 aromatic heterocycles. The summed E-state index contributed by atoms with van der Waals surface area (Å²) in [7, 11) is 1.14. The summed E-state index contributed by atoms with van der Waals surface area (Å²) in [5.74, 6) is -2.54. The van der Waals surface area contributed by atoms with Gasteiger partial charge in [-0.3, -0.25) is 19.3 Å². The molecule has 4 atom stereocenters. The average Bonchev–Trinajstić information content (AvgIpc) is 3.11. The third-order valence-electron chi connectivity index (χ3n) is 5.28. The first-order chi connectivity index (χ1) is 13.7. The van der Waals surface area contributed by atoms with Gasteiger partial charge in [0.25, 0.3) is 22.8 Å². The summed E-state index contributed by atoms with van der Waals surface area (Å²) in [6.07, 6.45) is 0. The predicted octanol–water partition coefficient (Wildman–Crippen LogP) is 0.0749. The average molecular weight is 421 g/mol. The number of hydrogen-bond acceptors (Lipinski definition) is 9. The van der Waals surface area contributed by atoms with Gasteiger partial charge in [-0.25, -0.2) is 4.79 Å². The molecule has 3 aliphatic heterocycles. The van der Waals surface area contributed by atoms with Crippen molar-refractivity contribution in [1.29, 1.82) is 0 Å². The summed E-state index contributed by atoms with van der Waals surface area (Å²) in [6, 6.07) is 3.98. The summed E-state index contributed by atoms with van der Waals surface area (Å²) < 4.78 is 3.57. The molecule has 3 heterocycles. The summed E-state index contributed by atoms with van der Waals surface area (Å²) >= 11 is 1.07. The third-order valence-corrected chi connectivity index (χ3v) is 6.89. The molecule has 0 aliphatic carbocycles. The van der Waals surface area contributed by atoms with Gasteiger partial charge in [0.2, 0.25) is 0 Å². The zero-order valence-electron chi connectivity index (χ0n) is 15.3. The summed E-state index contributed by atoms with van der Waals surface area (Å²) in [5, 5.41) is 8.92. The van der Waals surface area contributed by atoms with Crippen LogP contribution in [0, 0.1) is 10.1 Å². The van der Waals surface area contributed by atoms with Gasteiger partial charge >= 0.3 is 5.97 Å². The lowest BCUT2D eigenvalue weighted by Gasteiger charge is -2.46. The fraction of sp³-hybridized carbons (Fsp3) is 0.412. The number of imide groups is 1. The number of esters is 1. The molecular weight excluding hydrogens is 406 g/mol. The number of benzene rings is 1. The van der Waals surface area contributed by atoms with Gasteiger partial charge in [-0.05, 0) is 19.1 Å². The highest BCUT2D eigenvalue weighted by molar-refractivity contribution is 8.01. The first-order valence-corrected chi connectivity index (χ1v) is 9.41. The molecule has 2 saturated heterocycles. The van der Waals surface area contributed by atoms with Crippen molar-refractivity contribution in [1.82, 2.24) is 9.80 Å². The van der Waals surface area contributed by atoms with Crippen molar-refractivity contribution >= 4 is 35.5 Å². The molecule has 4 rings (SSSR count). The Balaban J connectivity index is 1.66. The van der Waals surface area contributed by atoms with E-state index in [1.807, 2.05) is 0 Å². The number of carbonyl (C=O) groups excluding carboxylic acids is 4. The van der Waals surface area contributed by atoms with E-state index in [0.717, 1.165) is 23.8 Å². The van der Waals surface area contributed by atoms with Crippen LogP contribution in [0.2, 0.25) is 0 Å². The Morgan fingerprint density at radius 1 is 1.24 bits per heavy atom. The fourth-order valence-electron chi connectivity index (χ4n) is 3.97. The van der Waals surface area contributed by atoms with Crippen molar-refractivity contribution in [3.8, 4) is 0 Å². The minimum Gasteiger partial charge on any atom is -0.467 e. The molecule has 1 aromatic carbocycles. The van der Waals surface area contributed by atoms with Crippen molar-refractivity contribution in [2.75, 3.05) is 13.7 Å². The quantitative estimate of drug-likeness (QED) is 0.213. The number of amides is 3. The van der Waals surface area contributed by atoms with Gasteiger partial charge in [-0.2, -0.15) is 0 Å². The van der Waals surface area contributed by atoms with Crippen LogP contribution in [0.1, 0.15) is 27.6 Å². The number of β-lactam (4-membered cyclic amide) rings is 1. The highest BCUT2D eigenvalue weighted by Crippen LogP contribution is 2.53. The predicted molar refractivity (Wildman–Crippen MR) is 96.1 cm³/mol. The van der Waals surface area contributed by atoms with Crippen molar-refractivity contribution < 1.29 is 33.8 Å². The normalized spacial score (nSPS) is 30.0. The van der Waals surface area contributed by atoms with Crippen LogP contribution in [0.15, 0.2) is 24.3 Å². The fourth-order valence-corrected chi connectivity index (χ4v) is 5.68. The first kappa shape index (κ1) is 19.2. The Kier molecular flexibility index (Phi) is 4.26. The van der Waals surface area contributed by atoms with Crippen molar-refractivity contribution in [2.45, 2.75) is 29.1 Å². The van der Waals surface area contributed by atoms with E-state index in [-0.39, 0.29) is 11.1 Å². The van der Waals surface area contributed by atoms with Gasteiger partial charge in [0.05, 0.1) is 23.0 Å².